The summed E-state index contributed by atoms with van der Waals surface area (Å²) >= 11 is 0. The standard InChI is InChI=1S/C2H5N4O3P/c1-9-10(7,8)2-3-5-6-4-2/h1H3,(H,7,8)(H,3,4,5,6). The molecule has 0 aromatic carbocycles. The van der Waals surface area contributed by atoms with Crippen LogP contribution in [0.15, 0.2) is 0 Å². The number of aromatic amines is 1. The molecule has 0 spiro atoms. The van der Waals surface area contributed by atoms with Crippen LogP contribution in [0.4, 0.5) is 0 Å². The number of rotatable bonds is 2. The molecule has 7 nitrogen and oxygen atoms in total. The Morgan fingerprint density at radius 1 is 1.80 bits per heavy atom. The lowest BCUT2D eigenvalue weighted by atomic mass is 11.4. The molecular weight excluding hydrogens is 159 g/mol. The second-order valence-corrected chi connectivity index (χ2v) is 3.26. The lowest BCUT2D eigenvalue weighted by Gasteiger charge is -2.00. The summed E-state index contributed by atoms with van der Waals surface area (Å²) in [4.78, 5) is 8.84. The Bertz CT molecular complexity index is 245. The smallest absolute Gasteiger partial charge is 0.319 e. The topological polar surface area (TPSA) is 101 Å². The molecule has 0 bridgehead atoms. The Morgan fingerprint density at radius 2 is 2.50 bits per heavy atom. The molecule has 0 radical (unpaired) electrons. The largest absolute Gasteiger partial charge is 0.397 e. The van der Waals surface area contributed by atoms with E-state index in [1.807, 2.05) is 0 Å². The molecule has 1 unspecified atom stereocenters. The van der Waals surface area contributed by atoms with Crippen LogP contribution < -0.4 is 5.57 Å². The van der Waals surface area contributed by atoms with E-state index in [-0.39, 0.29) is 5.57 Å². The van der Waals surface area contributed by atoms with Crippen LogP contribution in [0.3, 0.4) is 0 Å². The molecule has 0 saturated carbocycles. The van der Waals surface area contributed by atoms with Crippen LogP contribution >= 0.6 is 7.60 Å². The summed E-state index contributed by atoms with van der Waals surface area (Å²) in [6.45, 7) is 0. The first-order valence-electron chi connectivity index (χ1n) is 2.29. The minimum Gasteiger partial charge on any atom is -0.319 e. The second kappa shape index (κ2) is 2.45. The highest BCUT2D eigenvalue weighted by Gasteiger charge is 2.24. The van der Waals surface area contributed by atoms with Crippen molar-refractivity contribution in [2.75, 3.05) is 7.11 Å². The van der Waals surface area contributed by atoms with Gasteiger partial charge in [0.2, 0.25) is 0 Å². The predicted molar refractivity (Wildman–Crippen MR) is 30.6 cm³/mol. The maximum absolute atomic E-state index is 10.8. The normalized spacial score (nSPS) is 16.6. The van der Waals surface area contributed by atoms with E-state index in [2.05, 4.69) is 25.1 Å². The molecule has 1 aromatic rings. The maximum atomic E-state index is 10.8. The Balaban J connectivity index is 2.97. The third kappa shape index (κ3) is 1.21. The molecule has 0 amide bonds. The minimum absolute atomic E-state index is 0.255. The van der Waals surface area contributed by atoms with Crippen LogP contribution in [-0.4, -0.2) is 32.6 Å². The molecule has 10 heavy (non-hydrogen) atoms. The number of hydrogen-bond donors (Lipinski definition) is 2. The third-order valence-electron chi connectivity index (χ3n) is 0.849. The highest BCUT2D eigenvalue weighted by Crippen LogP contribution is 2.36. The molecule has 1 rings (SSSR count). The van der Waals surface area contributed by atoms with Crippen LogP contribution in [0.25, 0.3) is 0 Å². The zero-order valence-electron chi connectivity index (χ0n) is 5.05. The molecule has 0 fully saturated rings. The zero-order valence-corrected chi connectivity index (χ0v) is 5.95. The van der Waals surface area contributed by atoms with Crippen molar-refractivity contribution in [3.05, 3.63) is 0 Å². The van der Waals surface area contributed by atoms with Crippen LogP contribution in [0, 0.1) is 0 Å². The van der Waals surface area contributed by atoms with Crippen LogP contribution in [0.2, 0.25) is 0 Å². The van der Waals surface area contributed by atoms with Crippen molar-refractivity contribution < 1.29 is 14.0 Å². The first kappa shape index (κ1) is 7.33. The van der Waals surface area contributed by atoms with Crippen LogP contribution in [0.1, 0.15) is 0 Å². The van der Waals surface area contributed by atoms with Gasteiger partial charge in [-0.1, -0.05) is 0 Å². The zero-order chi connectivity index (χ0) is 7.61. The summed E-state index contributed by atoms with van der Waals surface area (Å²) in [6, 6.07) is 0. The van der Waals surface area contributed by atoms with Gasteiger partial charge in [-0.2, -0.15) is 0 Å². The quantitative estimate of drug-likeness (QED) is 0.524. The molecule has 2 N–H and O–H groups in total. The van der Waals surface area contributed by atoms with Crippen molar-refractivity contribution in [2.24, 2.45) is 0 Å². The highest BCUT2D eigenvalue weighted by molar-refractivity contribution is 7.60. The number of nitrogens with one attached hydrogen (secondary N) is 1. The second-order valence-electron chi connectivity index (χ2n) is 1.43. The molecule has 0 aliphatic heterocycles. The van der Waals surface area contributed by atoms with Gasteiger partial charge in [-0.05, 0) is 10.4 Å². The summed E-state index contributed by atoms with van der Waals surface area (Å²) in [6.07, 6.45) is 0. The molecule has 0 aliphatic carbocycles. The average Bonchev–Trinajstić information content (AvgIpc) is 2.38. The number of tetrazole rings is 1. The van der Waals surface area contributed by atoms with Gasteiger partial charge < -0.3 is 9.42 Å². The molecule has 1 aromatic heterocycles. The van der Waals surface area contributed by atoms with Gasteiger partial charge in [-0.15, -0.1) is 5.10 Å². The van der Waals surface area contributed by atoms with Crippen LogP contribution in [-0.2, 0) is 9.09 Å². The molecule has 1 atom stereocenters. The fourth-order valence-electron chi connectivity index (χ4n) is 0.360. The van der Waals surface area contributed by atoms with Gasteiger partial charge in [-0.3, -0.25) is 4.57 Å². The summed E-state index contributed by atoms with van der Waals surface area (Å²) < 4.78 is 15.0. The van der Waals surface area contributed by atoms with E-state index in [4.69, 9.17) is 4.89 Å². The maximum Gasteiger partial charge on any atom is 0.397 e. The highest BCUT2D eigenvalue weighted by atomic mass is 31.2. The van der Waals surface area contributed by atoms with E-state index < -0.39 is 7.60 Å². The van der Waals surface area contributed by atoms with Gasteiger partial charge in [0, 0.05) is 7.11 Å². The average molecular weight is 164 g/mol. The molecule has 56 valence electrons. The van der Waals surface area contributed by atoms with E-state index in [1.54, 1.807) is 0 Å². The van der Waals surface area contributed by atoms with Crippen molar-refractivity contribution in [1.29, 1.82) is 0 Å². The Hall–Kier alpha value is -0.780. The summed E-state index contributed by atoms with van der Waals surface area (Å²) in [5.41, 5.74) is -0.255. The monoisotopic (exact) mass is 164 g/mol. The molecule has 0 aliphatic rings. The van der Waals surface area contributed by atoms with Gasteiger partial charge in [-0.25, -0.2) is 5.10 Å². The van der Waals surface area contributed by atoms with E-state index in [1.165, 1.54) is 0 Å². The lowest BCUT2D eigenvalue weighted by Crippen LogP contribution is -2.10. The number of hydrogen-bond acceptors (Lipinski definition) is 5. The summed E-state index contributed by atoms with van der Waals surface area (Å²) in [7, 11) is -2.67. The SMILES string of the molecule is COP(=O)(O)c1nnn[nH]1. The molecule has 1 heterocycles. The van der Waals surface area contributed by atoms with E-state index in [0.717, 1.165) is 7.11 Å². The first-order valence-corrected chi connectivity index (χ1v) is 3.87. The van der Waals surface area contributed by atoms with E-state index in [0.29, 0.717) is 0 Å². The molecule has 8 heteroatoms. The van der Waals surface area contributed by atoms with Gasteiger partial charge in [0.15, 0.2) is 0 Å². The summed E-state index contributed by atoms with van der Waals surface area (Å²) in [5, 5.41) is 11.5. The number of aromatic nitrogens is 4. The van der Waals surface area contributed by atoms with E-state index in [9.17, 15) is 4.57 Å². The fraction of sp³-hybridized carbons (Fsp3) is 0.500. The van der Waals surface area contributed by atoms with Crippen molar-refractivity contribution in [3.8, 4) is 0 Å². The fourth-order valence-corrected chi connectivity index (χ4v) is 0.857. The number of nitrogens with zero attached hydrogens (tertiary/aromatic N) is 3. The van der Waals surface area contributed by atoms with Crippen molar-refractivity contribution >= 4 is 13.2 Å². The first-order chi connectivity index (χ1) is 4.67. The van der Waals surface area contributed by atoms with Gasteiger partial charge >= 0.3 is 7.60 Å². The van der Waals surface area contributed by atoms with Crippen molar-refractivity contribution in [2.45, 2.75) is 0 Å². The predicted octanol–water partition coefficient (Wildman–Crippen LogP) is -1.34. The van der Waals surface area contributed by atoms with Gasteiger partial charge in [0.25, 0.3) is 5.57 Å². The molecular formula is C2H5N4O3P. The third-order valence-corrected chi connectivity index (χ3v) is 2.07. The van der Waals surface area contributed by atoms with Gasteiger partial charge in [0.05, 0.1) is 0 Å². The van der Waals surface area contributed by atoms with Crippen molar-refractivity contribution in [1.82, 2.24) is 20.6 Å². The van der Waals surface area contributed by atoms with Gasteiger partial charge in [0.1, 0.15) is 0 Å². The van der Waals surface area contributed by atoms with Crippen LogP contribution in [0.5, 0.6) is 0 Å². The Labute approximate surface area is 55.9 Å². The van der Waals surface area contributed by atoms with E-state index >= 15 is 0 Å². The summed E-state index contributed by atoms with van der Waals surface area (Å²) in [5.74, 6) is 0. The number of H-pyrrole nitrogens is 1. The Kier molecular flexibility index (Phi) is 1.80. The Morgan fingerprint density at radius 3 is 2.90 bits per heavy atom. The minimum atomic E-state index is -3.77. The lowest BCUT2D eigenvalue weighted by molar-refractivity contribution is 0.326. The van der Waals surface area contributed by atoms with Crippen molar-refractivity contribution in [3.63, 3.8) is 0 Å². The molecule has 0 saturated heterocycles.